The molecular weight excluding hydrogens is 234 g/mol. The van der Waals surface area contributed by atoms with Gasteiger partial charge in [-0.05, 0) is 36.9 Å². The highest BCUT2D eigenvalue weighted by Gasteiger charge is 2.06. The van der Waals surface area contributed by atoms with Gasteiger partial charge >= 0.3 is 0 Å². The number of fused-ring (bicyclic) bond motifs is 1. The summed E-state index contributed by atoms with van der Waals surface area (Å²) in [7, 11) is 4.18. The smallest absolute Gasteiger partial charge is 0.0656 e. The Labute approximate surface area is 112 Å². The highest BCUT2D eigenvalue weighted by molar-refractivity contribution is 5.84. The second-order valence-corrected chi connectivity index (χ2v) is 5.07. The Morgan fingerprint density at radius 3 is 2.79 bits per heavy atom. The first-order valence-corrected chi connectivity index (χ1v) is 6.40. The fourth-order valence-corrected chi connectivity index (χ4v) is 2.39. The molecule has 3 rings (SSSR count). The van der Waals surface area contributed by atoms with Crippen LogP contribution in [0.3, 0.4) is 0 Å². The summed E-state index contributed by atoms with van der Waals surface area (Å²) in [6.07, 6.45) is 1.85. The van der Waals surface area contributed by atoms with E-state index in [-0.39, 0.29) is 0 Å². The van der Waals surface area contributed by atoms with Gasteiger partial charge in [-0.2, -0.15) is 5.10 Å². The Bertz CT molecular complexity index is 698. The average molecular weight is 251 g/mol. The largest absolute Gasteiger partial charge is 0.305 e. The van der Waals surface area contributed by atoms with Crippen molar-refractivity contribution in [2.45, 2.75) is 6.54 Å². The van der Waals surface area contributed by atoms with Crippen LogP contribution in [-0.4, -0.2) is 29.2 Å². The third kappa shape index (κ3) is 2.37. The lowest BCUT2D eigenvalue weighted by Gasteiger charge is -2.14. The van der Waals surface area contributed by atoms with E-state index in [1.54, 1.807) is 0 Å². The number of H-pyrrole nitrogens is 1. The first-order chi connectivity index (χ1) is 9.24. The Hall–Kier alpha value is -2.13. The van der Waals surface area contributed by atoms with Gasteiger partial charge in [-0.15, -0.1) is 0 Å². The van der Waals surface area contributed by atoms with E-state index in [0.717, 1.165) is 17.4 Å². The zero-order valence-electron chi connectivity index (χ0n) is 11.2. The molecule has 0 bridgehead atoms. The van der Waals surface area contributed by atoms with Gasteiger partial charge in [0.25, 0.3) is 0 Å². The number of aromatic nitrogens is 2. The molecular formula is C16H17N3. The molecule has 0 amide bonds. The van der Waals surface area contributed by atoms with E-state index in [1.165, 1.54) is 16.7 Å². The minimum absolute atomic E-state index is 0.942. The van der Waals surface area contributed by atoms with E-state index in [4.69, 9.17) is 0 Å². The summed E-state index contributed by atoms with van der Waals surface area (Å²) in [4.78, 5) is 2.19. The van der Waals surface area contributed by atoms with E-state index < -0.39 is 0 Å². The lowest BCUT2D eigenvalue weighted by Crippen LogP contribution is -2.11. The van der Waals surface area contributed by atoms with Crippen molar-refractivity contribution >= 4 is 10.9 Å². The quantitative estimate of drug-likeness (QED) is 0.774. The van der Waals surface area contributed by atoms with Crippen LogP contribution in [0.1, 0.15) is 5.56 Å². The Kier molecular flexibility index (Phi) is 3.05. The Morgan fingerprint density at radius 2 is 1.95 bits per heavy atom. The molecule has 0 radical (unpaired) electrons. The summed E-state index contributed by atoms with van der Waals surface area (Å²) in [5.41, 5.74) is 4.94. The maximum Gasteiger partial charge on any atom is 0.0656 e. The van der Waals surface area contributed by atoms with Crippen LogP contribution in [0, 0.1) is 0 Å². The minimum atomic E-state index is 0.942. The van der Waals surface area contributed by atoms with Gasteiger partial charge in [-0.1, -0.05) is 36.4 Å². The van der Waals surface area contributed by atoms with Crippen molar-refractivity contribution < 1.29 is 0 Å². The van der Waals surface area contributed by atoms with Crippen molar-refractivity contribution in [3.05, 3.63) is 54.2 Å². The van der Waals surface area contributed by atoms with Crippen molar-refractivity contribution in [1.29, 1.82) is 0 Å². The molecule has 19 heavy (non-hydrogen) atoms. The first-order valence-electron chi connectivity index (χ1n) is 6.40. The molecule has 0 aliphatic heterocycles. The minimum Gasteiger partial charge on any atom is -0.305 e. The van der Waals surface area contributed by atoms with Crippen LogP contribution in [-0.2, 0) is 6.54 Å². The van der Waals surface area contributed by atoms with Crippen molar-refractivity contribution in [1.82, 2.24) is 15.1 Å². The number of hydrogen-bond acceptors (Lipinski definition) is 2. The molecule has 0 aliphatic rings. The number of nitrogens with zero attached hydrogens (tertiary/aromatic N) is 2. The Morgan fingerprint density at radius 1 is 1.11 bits per heavy atom. The van der Waals surface area contributed by atoms with Gasteiger partial charge < -0.3 is 4.90 Å². The standard InChI is InChI=1S/C16H17N3/c1-19(2)11-14-5-3-4-6-15(14)12-7-8-13-10-17-18-16(13)9-12/h3-10H,11H2,1-2H3,(H,17,18). The molecule has 1 aromatic heterocycles. The Balaban J connectivity index is 2.09. The van der Waals surface area contributed by atoms with E-state index >= 15 is 0 Å². The molecule has 0 fully saturated rings. The van der Waals surface area contributed by atoms with Crippen LogP contribution < -0.4 is 0 Å². The summed E-state index contributed by atoms with van der Waals surface area (Å²) in [6.45, 7) is 0.942. The maximum atomic E-state index is 4.07. The zero-order chi connectivity index (χ0) is 13.2. The molecule has 0 spiro atoms. The summed E-state index contributed by atoms with van der Waals surface area (Å²) < 4.78 is 0. The monoisotopic (exact) mass is 251 g/mol. The van der Waals surface area contributed by atoms with Gasteiger partial charge in [0, 0.05) is 11.9 Å². The predicted octanol–water partition coefficient (Wildman–Crippen LogP) is 3.29. The van der Waals surface area contributed by atoms with E-state index in [1.807, 2.05) is 6.20 Å². The highest BCUT2D eigenvalue weighted by Crippen LogP contribution is 2.27. The van der Waals surface area contributed by atoms with E-state index in [2.05, 4.69) is 71.7 Å². The maximum absolute atomic E-state index is 4.07. The van der Waals surface area contributed by atoms with Crippen molar-refractivity contribution in [3.63, 3.8) is 0 Å². The fourth-order valence-electron chi connectivity index (χ4n) is 2.39. The van der Waals surface area contributed by atoms with Crippen LogP contribution in [0.4, 0.5) is 0 Å². The van der Waals surface area contributed by atoms with Gasteiger partial charge in [0.2, 0.25) is 0 Å². The molecule has 3 nitrogen and oxygen atoms in total. The number of aromatic amines is 1. The zero-order valence-corrected chi connectivity index (χ0v) is 11.2. The molecule has 1 N–H and O–H groups in total. The molecule has 96 valence electrons. The van der Waals surface area contributed by atoms with Crippen LogP contribution in [0.25, 0.3) is 22.0 Å². The second-order valence-electron chi connectivity index (χ2n) is 5.07. The SMILES string of the molecule is CN(C)Cc1ccccc1-c1ccc2cn[nH]c2c1. The normalized spacial score (nSPS) is 11.3. The molecule has 0 saturated heterocycles. The molecule has 2 aromatic carbocycles. The highest BCUT2D eigenvalue weighted by atomic mass is 15.1. The number of hydrogen-bond donors (Lipinski definition) is 1. The van der Waals surface area contributed by atoms with Crippen molar-refractivity contribution in [2.24, 2.45) is 0 Å². The van der Waals surface area contributed by atoms with E-state index in [0.29, 0.717) is 0 Å². The van der Waals surface area contributed by atoms with Crippen LogP contribution >= 0.6 is 0 Å². The summed E-state index contributed by atoms with van der Waals surface area (Å²) in [5, 5.41) is 8.25. The predicted molar refractivity (Wildman–Crippen MR) is 78.9 cm³/mol. The molecule has 0 atom stereocenters. The molecule has 3 aromatic rings. The summed E-state index contributed by atoms with van der Waals surface area (Å²) in [6, 6.07) is 15.0. The third-order valence-electron chi connectivity index (χ3n) is 3.26. The molecule has 0 saturated carbocycles. The van der Waals surface area contributed by atoms with Gasteiger partial charge in [0.15, 0.2) is 0 Å². The van der Waals surface area contributed by atoms with Crippen LogP contribution in [0.5, 0.6) is 0 Å². The molecule has 0 aliphatic carbocycles. The van der Waals surface area contributed by atoms with Gasteiger partial charge in [0.1, 0.15) is 0 Å². The van der Waals surface area contributed by atoms with E-state index in [9.17, 15) is 0 Å². The molecule has 3 heteroatoms. The fraction of sp³-hybridized carbons (Fsp3) is 0.188. The van der Waals surface area contributed by atoms with Gasteiger partial charge in [-0.3, -0.25) is 5.10 Å². The summed E-state index contributed by atoms with van der Waals surface area (Å²) >= 11 is 0. The molecule has 0 unspecified atom stereocenters. The first kappa shape index (κ1) is 11.9. The lowest BCUT2D eigenvalue weighted by molar-refractivity contribution is 0.403. The number of rotatable bonds is 3. The second kappa shape index (κ2) is 4.86. The van der Waals surface area contributed by atoms with Crippen LogP contribution in [0.2, 0.25) is 0 Å². The van der Waals surface area contributed by atoms with Gasteiger partial charge in [0.05, 0.1) is 11.7 Å². The van der Waals surface area contributed by atoms with Crippen LogP contribution in [0.15, 0.2) is 48.7 Å². The van der Waals surface area contributed by atoms with Gasteiger partial charge in [-0.25, -0.2) is 0 Å². The topological polar surface area (TPSA) is 31.9 Å². The van der Waals surface area contributed by atoms with Crippen molar-refractivity contribution in [2.75, 3.05) is 14.1 Å². The van der Waals surface area contributed by atoms with Crippen molar-refractivity contribution in [3.8, 4) is 11.1 Å². The average Bonchev–Trinajstić information content (AvgIpc) is 2.86. The number of benzene rings is 2. The third-order valence-corrected chi connectivity index (χ3v) is 3.26. The molecule has 1 heterocycles. The number of nitrogens with one attached hydrogen (secondary N) is 1. The lowest BCUT2D eigenvalue weighted by atomic mass is 9.98. The summed E-state index contributed by atoms with van der Waals surface area (Å²) in [5.74, 6) is 0.